The van der Waals surface area contributed by atoms with Crippen molar-refractivity contribution in [3.8, 4) is 5.69 Å². The molecule has 0 saturated carbocycles. The van der Waals surface area contributed by atoms with Gasteiger partial charge in [0.15, 0.2) is 0 Å². The Balaban J connectivity index is 2.57. The number of halogens is 2. The molecular formula is C10H9Br2N3. The normalized spacial score (nSPS) is 10.6. The van der Waals surface area contributed by atoms with E-state index in [1.807, 2.05) is 24.4 Å². The third-order valence-electron chi connectivity index (χ3n) is 2.10. The third kappa shape index (κ3) is 2.14. The molecule has 0 unspecified atom stereocenters. The summed E-state index contributed by atoms with van der Waals surface area (Å²) in [6.45, 7) is 0.480. The van der Waals surface area contributed by atoms with Crippen LogP contribution >= 0.6 is 31.9 Å². The Hall–Kier alpha value is -0.650. The molecule has 0 atom stereocenters. The molecule has 3 nitrogen and oxygen atoms in total. The summed E-state index contributed by atoms with van der Waals surface area (Å²) >= 11 is 6.85. The third-order valence-corrected chi connectivity index (χ3v) is 3.25. The number of aromatic nitrogens is 2. The van der Waals surface area contributed by atoms with Crippen LogP contribution in [-0.2, 0) is 6.54 Å². The highest BCUT2D eigenvalue weighted by Crippen LogP contribution is 2.23. The monoisotopic (exact) mass is 329 g/mol. The summed E-state index contributed by atoms with van der Waals surface area (Å²) < 4.78 is 3.76. The molecular weight excluding hydrogens is 322 g/mol. The molecule has 2 aromatic rings. The smallest absolute Gasteiger partial charge is 0.0702 e. The second-order valence-electron chi connectivity index (χ2n) is 3.04. The highest BCUT2D eigenvalue weighted by molar-refractivity contribution is 9.10. The molecule has 78 valence electrons. The number of nitrogens with zero attached hydrogens (tertiary/aromatic N) is 2. The molecule has 0 amide bonds. The van der Waals surface area contributed by atoms with Crippen LogP contribution < -0.4 is 5.73 Å². The lowest BCUT2D eigenvalue weighted by molar-refractivity contribution is 0.856. The Morgan fingerprint density at radius 3 is 2.73 bits per heavy atom. The van der Waals surface area contributed by atoms with Gasteiger partial charge in [-0.3, -0.25) is 0 Å². The van der Waals surface area contributed by atoms with E-state index in [1.165, 1.54) is 0 Å². The molecule has 0 saturated heterocycles. The SMILES string of the molecule is NCc1c(Br)cccc1-n1cc(Br)cn1. The van der Waals surface area contributed by atoms with E-state index in [-0.39, 0.29) is 0 Å². The summed E-state index contributed by atoms with van der Waals surface area (Å²) in [5, 5.41) is 4.23. The van der Waals surface area contributed by atoms with Gasteiger partial charge in [-0.2, -0.15) is 5.10 Å². The molecule has 0 bridgehead atoms. The van der Waals surface area contributed by atoms with Gasteiger partial charge in [-0.25, -0.2) is 4.68 Å². The highest BCUT2D eigenvalue weighted by atomic mass is 79.9. The van der Waals surface area contributed by atoms with Crippen LogP contribution in [0.15, 0.2) is 39.5 Å². The summed E-state index contributed by atoms with van der Waals surface area (Å²) in [7, 11) is 0. The molecule has 2 N–H and O–H groups in total. The number of rotatable bonds is 2. The second-order valence-corrected chi connectivity index (χ2v) is 4.81. The average Bonchev–Trinajstić information content (AvgIpc) is 2.64. The summed E-state index contributed by atoms with van der Waals surface area (Å²) in [6, 6.07) is 5.94. The average molecular weight is 331 g/mol. The van der Waals surface area contributed by atoms with Crippen molar-refractivity contribution in [2.45, 2.75) is 6.54 Å². The fourth-order valence-corrected chi connectivity index (χ4v) is 2.20. The predicted molar refractivity (Wildman–Crippen MR) is 66.9 cm³/mol. The molecule has 5 heteroatoms. The van der Waals surface area contributed by atoms with E-state index >= 15 is 0 Å². The van der Waals surface area contributed by atoms with E-state index in [0.717, 1.165) is 20.2 Å². The van der Waals surface area contributed by atoms with Crippen molar-refractivity contribution in [1.29, 1.82) is 0 Å². The Kier molecular flexibility index (Phi) is 3.23. The van der Waals surface area contributed by atoms with Crippen LogP contribution in [0.1, 0.15) is 5.56 Å². The zero-order valence-electron chi connectivity index (χ0n) is 7.82. The van der Waals surface area contributed by atoms with Gasteiger partial charge in [0.1, 0.15) is 0 Å². The number of benzene rings is 1. The van der Waals surface area contributed by atoms with Crippen molar-refractivity contribution >= 4 is 31.9 Å². The summed E-state index contributed by atoms with van der Waals surface area (Å²) in [4.78, 5) is 0. The first kappa shape index (κ1) is 10.9. The first-order valence-electron chi connectivity index (χ1n) is 4.40. The molecule has 0 aliphatic rings. The fourth-order valence-electron chi connectivity index (χ4n) is 1.40. The maximum atomic E-state index is 5.71. The molecule has 0 aliphatic carbocycles. The highest BCUT2D eigenvalue weighted by Gasteiger charge is 2.07. The van der Waals surface area contributed by atoms with Crippen LogP contribution in [0, 0.1) is 0 Å². The topological polar surface area (TPSA) is 43.8 Å². The first-order chi connectivity index (χ1) is 7.22. The van der Waals surface area contributed by atoms with Crippen LogP contribution in [0.5, 0.6) is 0 Å². The molecule has 0 spiro atoms. The Morgan fingerprint density at radius 1 is 1.33 bits per heavy atom. The van der Waals surface area contributed by atoms with Crippen LogP contribution in [0.2, 0.25) is 0 Å². The van der Waals surface area contributed by atoms with Crippen molar-refractivity contribution in [1.82, 2.24) is 9.78 Å². The Labute approximate surface area is 105 Å². The number of nitrogens with two attached hydrogens (primary N) is 1. The van der Waals surface area contributed by atoms with Gasteiger partial charge in [-0.05, 0) is 28.1 Å². The summed E-state index contributed by atoms with van der Waals surface area (Å²) in [6.07, 6.45) is 3.65. The molecule has 2 rings (SSSR count). The Morgan fingerprint density at radius 2 is 2.13 bits per heavy atom. The predicted octanol–water partition coefficient (Wildman–Crippen LogP) is 2.86. The lowest BCUT2D eigenvalue weighted by Gasteiger charge is -2.09. The maximum absolute atomic E-state index is 5.71. The minimum absolute atomic E-state index is 0.480. The molecule has 1 heterocycles. The Bertz CT molecular complexity index is 479. The van der Waals surface area contributed by atoms with E-state index in [0.29, 0.717) is 6.54 Å². The summed E-state index contributed by atoms with van der Waals surface area (Å²) in [5.74, 6) is 0. The van der Waals surface area contributed by atoms with Crippen molar-refractivity contribution < 1.29 is 0 Å². The van der Waals surface area contributed by atoms with Crippen LogP contribution in [-0.4, -0.2) is 9.78 Å². The minimum Gasteiger partial charge on any atom is -0.326 e. The number of hydrogen-bond acceptors (Lipinski definition) is 2. The van der Waals surface area contributed by atoms with E-state index in [9.17, 15) is 0 Å². The largest absolute Gasteiger partial charge is 0.326 e. The zero-order valence-corrected chi connectivity index (χ0v) is 11.0. The van der Waals surface area contributed by atoms with Crippen LogP contribution in [0.3, 0.4) is 0 Å². The van der Waals surface area contributed by atoms with Gasteiger partial charge in [0, 0.05) is 22.8 Å². The first-order valence-corrected chi connectivity index (χ1v) is 5.99. The lowest BCUT2D eigenvalue weighted by Crippen LogP contribution is -2.05. The fraction of sp³-hybridized carbons (Fsp3) is 0.100. The van der Waals surface area contributed by atoms with Gasteiger partial charge < -0.3 is 5.73 Å². The summed E-state index contributed by atoms with van der Waals surface area (Å²) in [5.41, 5.74) is 7.76. The quantitative estimate of drug-likeness (QED) is 0.920. The van der Waals surface area contributed by atoms with Crippen molar-refractivity contribution in [3.63, 3.8) is 0 Å². The van der Waals surface area contributed by atoms with Crippen LogP contribution in [0.25, 0.3) is 5.69 Å². The molecule has 0 aliphatic heterocycles. The van der Waals surface area contributed by atoms with Gasteiger partial charge >= 0.3 is 0 Å². The van der Waals surface area contributed by atoms with E-state index in [1.54, 1.807) is 10.9 Å². The van der Waals surface area contributed by atoms with E-state index in [2.05, 4.69) is 37.0 Å². The standard InChI is InChI=1S/C10H9Br2N3/c11-7-5-14-15(6-7)10-3-1-2-9(12)8(10)4-13/h1-3,5-6H,4,13H2. The molecule has 1 aromatic heterocycles. The van der Waals surface area contributed by atoms with E-state index < -0.39 is 0 Å². The van der Waals surface area contributed by atoms with Crippen molar-refractivity contribution in [2.24, 2.45) is 5.73 Å². The molecule has 0 fully saturated rings. The van der Waals surface area contributed by atoms with Crippen LogP contribution in [0.4, 0.5) is 0 Å². The van der Waals surface area contributed by atoms with Gasteiger partial charge in [0.05, 0.1) is 16.4 Å². The second kappa shape index (κ2) is 4.47. The maximum Gasteiger partial charge on any atom is 0.0702 e. The van der Waals surface area contributed by atoms with Gasteiger partial charge in [-0.1, -0.05) is 22.0 Å². The van der Waals surface area contributed by atoms with E-state index in [4.69, 9.17) is 5.73 Å². The molecule has 15 heavy (non-hydrogen) atoms. The van der Waals surface area contributed by atoms with Crippen molar-refractivity contribution in [3.05, 3.63) is 45.1 Å². The minimum atomic E-state index is 0.480. The molecule has 0 radical (unpaired) electrons. The molecule has 1 aromatic carbocycles. The van der Waals surface area contributed by atoms with Crippen molar-refractivity contribution in [2.75, 3.05) is 0 Å². The zero-order chi connectivity index (χ0) is 10.8. The number of hydrogen-bond donors (Lipinski definition) is 1. The van der Waals surface area contributed by atoms with Gasteiger partial charge in [0.2, 0.25) is 0 Å². The lowest BCUT2D eigenvalue weighted by atomic mass is 10.2. The van der Waals surface area contributed by atoms with Gasteiger partial charge in [0.25, 0.3) is 0 Å². The van der Waals surface area contributed by atoms with Gasteiger partial charge in [-0.15, -0.1) is 0 Å².